The lowest BCUT2D eigenvalue weighted by atomic mass is 9.88. The normalized spacial score (nSPS) is 24.3. The van der Waals surface area contributed by atoms with E-state index in [2.05, 4.69) is 24.5 Å². The van der Waals surface area contributed by atoms with E-state index in [9.17, 15) is 9.59 Å². The lowest BCUT2D eigenvalue weighted by Gasteiger charge is -2.28. The van der Waals surface area contributed by atoms with Gasteiger partial charge in [-0.2, -0.15) is 0 Å². The van der Waals surface area contributed by atoms with Crippen molar-refractivity contribution in [2.24, 2.45) is 11.8 Å². The first-order valence-electron chi connectivity index (χ1n) is 13.1. The maximum Gasteiger partial charge on any atom is 0.411 e. The quantitative estimate of drug-likeness (QED) is 0.450. The van der Waals surface area contributed by atoms with E-state index in [1.807, 2.05) is 48.5 Å². The topological polar surface area (TPSA) is 76.7 Å². The summed E-state index contributed by atoms with van der Waals surface area (Å²) >= 11 is 0. The molecule has 0 radical (unpaired) electrons. The van der Waals surface area contributed by atoms with Gasteiger partial charge in [-0.1, -0.05) is 51.0 Å². The van der Waals surface area contributed by atoms with Crippen molar-refractivity contribution >= 4 is 23.6 Å². The number of nitrogens with one attached hydrogen (secondary N) is 2. The van der Waals surface area contributed by atoms with Crippen molar-refractivity contribution in [2.45, 2.75) is 83.8 Å². The van der Waals surface area contributed by atoms with Crippen LogP contribution < -0.4 is 10.6 Å². The highest BCUT2D eigenvalue weighted by molar-refractivity contribution is 5.85. The summed E-state index contributed by atoms with van der Waals surface area (Å²) in [5.74, 6) is 0.842. The van der Waals surface area contributed by atoms with E-state index in [4.69, 9.17) is 9.47 Å². The number of hydrogen-bond donors (Lipinski definition) is 2. The molecule has 4 unspecified atom stereocenters. The van der Waals surface area contributed by atoms with E-state index in [-0.39, 0.29) is 24.4 Å². The number of amides is 2. The molecule has 2 N–H and O–H groups in total. The Morgan fingerprint density at radius 2 is 1.03 bits per heavy atom. The summed E-state index contributed by atoms with van der Waals surface area (Å²) in [5.41, 5.74) is 3.73. The third kappa shape index (κ3) is 7.48. The van der Waals surface area contributed by atoms with Crippen molar-refractivity contribution in [2.75, 3.05) is 10.6 Å². The number of hydrogen-bond acceptors (Lipinski definition) is 4. The van der Waals surface area contributed by atoms with E-state index in [0.29, 0.717) is 11.8 Å². The first kappa shape index (κ1) is 25.1. The number of ether oxygens (including phenoxy) is 2. The van der Waals surface area contributed by atoms with Gasteiger partial charge in [-0.25, -0.2) is 9.59 Å². The van der Waals surface area contributed by atoms with Gasteiger partial charge in [0.25, 0.3) is 0 Å². The Labute approximate surface area is 208 Å². The van der Waals surface area contributed by atoms with Crippen LogP contribution in [0.25, 0.3) is 0 Å². The van der Waals surface area contributed by atoms with Crippen molar-refractivity contribution in [1.29, 1.82) is 0 Å². The predicted octanol–water partition coefficient (Wildman–Crippen LogP) is 7.53. The summed E-state index contributed by atoms with van der Waals surface area (Å²) in [6.45, 7) is 4.30. The number of carbonyl (C=O) groups is 2. The molecule has 0 spiro atoms. The molecule has 2 aliphatic rings. The summed E-state index contributed by atoms with van der Waals surface area (Å²) in [4.78, 5) is 24.5. The number of anilines is 2. The minimum Gasteiger partial charge on any atom is -0.446 e. The van der Waals surface area contributed by atoms with E-state index in [1.165, 1.54) is 12.8 Å². The maximum absolute atomic E-state index is 12.3. The van der Waals surface area contributed by atoms with Crippen LogP contribution in [0.3, 0.4) is 0 Å². The van der Waals surface area contributed by atoms with Crippen LogP contribution in [-0.2, 0) is 15.9 Å². The third-order valence-electron chi connectivity index (χ3n) is 7.39. The van der Waals surface area contributed by atoms with Gasteiger partial charge in [0.2, 0.25) is 0 Å². The fourth-order valence-electron chi connectivity index (χ4n) is 5.13. The molecule has 2 amide bonds. The molecule has 4 rings (SSSR count). The largest absolute Gasteiger partial charge is 0.446 e. The van der Waals surface area contributed by atoms with Crippen LogP contribution in [0.5, 0.6) is 0 Å². The molecule has 0 aromatic heterocycles. The van der Waals surface area contributed by atoms with Crippen LogP contribution in [0.4, 0.5) is 21.0 Å². The smallest absolute Gasteiger partial charge is 0.411 e. The number of rotatable bonds is 6. The summed E-state index contributed by atoms with van der Waals surface area (Å²) in [6, 6.07) is 15.6. The average Bonchev–Trinajstić information content (AvgIpc) is 2.84. The average molecular weight is 479 g/mol. The third-order valence-corrected chi connectivity index (χ3v) is 7.39. The van der Waals surface area contributed by atoms with Gasteiger partial charge in [0.15, 0.2) is 0 Å². The maximum atomic E-state index is 12.3. The molecule has 188 valence electrons. The van der Waals surface area contributed by atoms with Crippen molar-refractivity contribution < 1.29 is 19.1 Å². The van der Waals surface area contributed by atoms with Crippen molar-refractivity contribution in [3.8, 4) is 0 Å². The molecule has 0 aliphatic heterocycles. The second-order valence-electron chi connectivity index (χ2n) is 10.2. The van der Waals surface area contributed by atoms with E-state index in [1.54, 1.807) is 0 Å². The molecule has 2 saturated carbocycles. The van der Waals surface area contributed by atoms with Crippen LogP contribution in [-0.4, -0.2) is 24.4 Å². The zero-order chi connectivity index (χ0) is 24.6. The second kappa shape index (κ2) is 12.1. The van der Waals surface area contributed by atoms with Gasteiger partial charge < -0.3 is 9.47 Å². The summed E-state index contributed by atoms with van der Waals surface area (Å²) in [6.07, 6.45) is 8.84. The molecule has 0 heterocycles. The standard InChI is InChI=1S/C29H38N2O4/c1-20-7-3-5-9-26(20)34-28(32)30-24-15-11-22(12-16-24)19-23-13-17-25(18-14-23)31-29(33)35-27-10-6-4-8-21(27)2/h11-18,20-21,26-27H,3-10,19H2,1-2H3,(H,30,32)(H,31,33). The molecule has 2 aliphatic carbocycles. The molecule has 2 aromatic rings. The zero-order valence-electron chi connectivity index (χ0n) is 20.9. The highest BCUT2D eigenvalue weighted by Crippen LogP contribution is 2.28. The molecular weight excluding hydrogens is 440 g/mol. The molecule has 35 heavy (non-hydrogen) atoms. The minimum atomic E-state index is -0.379. The molecule has 2 aromatic carbocycles. The minimum absolute atomic E-state index is 0.0122. The molecule has 6 heteroatoms. The van der Waals surface area contributed by atoms with Crippen molar-refractivity contribution in [3.05, 3.63) is 59.7 Å². The fourth-order valence-corrected chi connectivity index (χ4v) is 5.13. The van der Waals surface area contributed by atoms with Gasteiger partial charge in [-0.15, -0.1) is 0 Å². The van der Waals surface area contributed by atoms with Gasteiger partial charge in [-0.05, 0) is 92.2 Å². The van der Waals surface area contributed by atoms with Crippen molar-refractivity contribution in [1.82, 2.24) is 0 Å². The Kier molecular flexibility index (Phi) is 8.67. The van der Waals surface area contributed by atoms with E-state index in [0.717, 1.165) is 67.4 Å². The highest BCUT2D eigenvalue weighted by Gasteiger charge is 2.25. The predicted molar refractivity (Wildman–Crippen MR) is 139 cm³/mol. The molecule has 0 bridgehead atoms. The Hall–Kier alpha value is -3.02. The van der Waals surface area contributed by atoms with Crippen LogP contribution in [0.15, 0.2) is 48.5 Å². The first-order valence-corrected chi connectivity index (χ1v) is 13.1. The Balaban J connectivity index is 1.23. The summed E-state index contributed by atoms with van der Waals surface area (Å²) in [7, 11) is 0. The Morgan fingerprint density at radius 3 is 1.40 bits per heavy atom. The zero-order valence-corrected chi connectivity index (χ0v) is 20.9. The SMILES string of the molecule is CC1CCCCC1OC(=O)Nc1ccc(Cc2ccc(NC(=O)OC3CCCCC3C)cc2)cc1. The number of carbonyl (C=O) groups excluding carboxylic acids is 2. The van der Waals surface area contributed by atoms with Gasteiger partial charge in [0.05, 0.1) is 0 Å². The highest BCUT2D eigenvalue weighted by atomic mass is 16.6. The lowest BCUT2D eigenvalue weighted by Crippen LogP contribution is -2.30. The van der Waals surface area contributed by atoms with Gasteiger partial charge >= 0.3 is 12.2 Å². The summed E-state index contributed by atoms with van der Waals surface area (Å²) in [5, 5.41) is 5.69. The Bertz CT molecular complexity index is 894. The summed E-state index contributed by atoms with van der Waals surface area (Å²) < 4.78 is 11.3. The van der Waals surface area contributed by atoms with Gasteiger partial charge in [0.1, 0.15) is 12.2 Å². The van der Waals surface area contributed by atoms with Crippen LogP contribution in [0.1, 0.15) is 76.3 Å². The number of benzene rings is 2. The molecule has 0 saturated heterocycles. The van der Waals surface area contributed by atoms with Gasteiger partial charge in [-0.3, -0.25) is 10.6 Å². The Morgan fingerprint density at radius 1 is 0.657 bits per heavy atom. The van der Waals surface area contributed by atoms with E-state index >= 15 is 0 Å². The second-order valence-corrected chi connectivity index (χ2v) is 10.2. The van der Waals surface area contributed by atoms with Crippen molar-refractivity contribution in [3.63, 3.8) is 0 Å². The van der Waals surface area contributed by atoms with Crippen LogP contribution in [0.2, 0.25) is 0 Å². The molecule has 2 fully saturated rings. The van der Waals surface area contributed by atoms with Crippen LogP contribution in [0, 0.1) is 11.8 Å². The lowest BCUT2D eigenvalue weighted by molar-refractivity contribution is 0.0520. The van der Waals surface area contributed by atoms with E-state index < -0.39 is 0 Å². The van der Waals surface area contributed by atoms with Gasteiger partial charge in [0, 0.05) is 11.4 Å². The van der Waals surface area contributed by atoms with Crippen LogP contribution >= 0.6 is 0 Å². The fraction of sp³-hybridized carbons (Fsp3) is 0.517. The molecule has 4 atom stereocenters. The first-order chi connectivity index (χ1) is 17.0. The monoisotopic (exact) mass is 478 g/mol. The molecular formula is C29H38N2O4. The molecule has 6 nitrogen and oxygen atoms in total.